The zero-order chi connectivity index (χ0) is 25.7. The van der Waals surface area contributed by atoms with Crippen LogP contribution in [0.15, 0.2) is 73.4 Å². The molecule has 0 saturated heterocycles. The summed E-state index contributed by atoms with van der Waals surface area (Å²) >= 11 is 0. The Morgan fingerprint density at radius 1 is 0.750 bits per heavy atom. The first-order valence-electron chi connectivity index (χ1n) is 12.0. The van der Waals surface area contributed by atoms with Crippen LogP contribution in [0.1, 0.15) is 50.7 Å². The fourth-order valence-electron chi connectivity index (χ4n) is 3.63. The Hall–Kier alpha value is -4.33. The molecule has 0 spiro atoms. The van der Waals surface area contributed by atoms with Crippen LogP contribution in [0.25, 0.3) is 22.2 Å². The van der Waals surface area contributed by atoms with Crippen molar-refractivity contribution in [2.24, 2.45) is 7.05 Å². The zero-order valence-corrected chi connectivity index (χ0v) is 21.3. The molecule has 0 fully saturated rings. The second-order valence-corrected chi connectivity index (χ2v) is 9.28. The van der Waals surface area contributed by atoms with Gasteiger partial charge < -0.3 is 11.1 Å². The van der Waals surface area contributed by atoms with Gasteiger partial charge in [0.2, 0.25) is 0 Å². The molecule has 0 radical (unpaired) electrons. The van der Waals surface area contributed by atoms with Crippen LogP contribution in [0.2, 0.25) is 0 Å². The Morgan fingerprint density at radius 3 is 2.11 bits per heavy atom. The van der Waals surface area contributed by atoms with Crippen molar-refractivity contribution in [2.45, 2.75) is 39.5 Å². The van der Waals surface area contributed by atoms with Gasteiger partial charge in [-0.1, -0.05) is 27.7 Å². The van der Waals surface area contributed by atoms with Crippen LogP contribution in [0, 0.1) is 0 Å². The van der Waals surface area contributed by atoms with Crippen molar-refractivity contribution in [3.63, 3.8) is 0 Å². The van der Waals surface area contributed by atoms with Gasteiger partial charge in [-0.25, -0.2) is 15.0 Å². The molecule has 8 nitrogen and oxygen atoms in total. The van der Waals surface area contributed by atoms with E-state index in [0.717, 1.165) is 33.8 Å². The van der Waals surface area contributed by atoms with Gasteiger partial charge in [-0.05, 0) is 65.4 Å². The molecule has 0 bridgehead atoms. The summed E-state index contributed by atoms with van der Waals surface area (Å²) in [6, 6.07) is 13.9. The number of rotatable bonds is 5. The average molecular weight is 481 g/mol. The molecule has 0 unspecified atom stereocenters. The predicted molar refractivity (Wildman–Crippen MR) is 146 cm³/mol. The molecule has 0 aromatic carbocycles. The number of nitrogens with zero attached hydrogens (tertiary/aromatic N) is 6. The Bertz CT molecular complexity index is 1460. The topological polar surface area (TPSA) is 107 Å². The number of pyridine rings is 4. The smallest absolute Gasteiger partial charge is 0.132 e. The maximum atomic E-state index is 5.49. The molecule has 0 aliphatic rings. The van der Waals surface area contributed by atoms with Gasteiger partial charge in [-0.15, -0.1) is 0 Å². The van der Waals surface area contributed by atoms with E-state index in [1.807, 2.05) is 68.2 Å². The molecule has 0 saturated carbocycles. The molecule has 0 amide bonds. The molecular weight excluding hydrogens is 448 g/mol. The van der Waals surface area contributed by atoms with E-state index in [0.29, 0.717) is 17.7 Å². The number of nitrogens with one attached hydrogen (secondary N) is 1. The first-order valence-corrected chi connectivity index (χ1v) is 12.0. The molecule has 5 aromatic heterocycles. The number of nitrogen functional groups attached to an aromatic ring is 1. The summed E-state index contributed by atoms with van der Waals surface area (Å²) in [6.07, 6.45) is 9.20. The predicted octanol–water partition coefficient (Wildman–Crippen LogP) is 6.08. The fraction of sp³-hybridized carbons (Fsp3) is 0.250. The summed E-state index contributed by atoms with van der Waals surface area (Å²) in [5, 5.41) is 7.50. The normalized spacial score (nSPS) is 11.0. The monoisotopic (exact) mass is 480 g/mol. The summed E-state index contributed by atoms with van der Waals surface area (Å²) < 4.78 is 1.78. The Balaban J connectivity index is 0.000000256. The summed E-state index contributed by atoms with van der Waals surface area (Å²) in [5.41, 5.74) is 11.7. The van der Waals surface area contributed by atoms with E-state index < -0.39 is 0 Å². The molecular formula is C28H32N8. The highest BCUT2D eigenvalue weighted by molar-refractivity contribution is 5.81. The van der Waals surface area contributed by atoms with Gasteiger partial charge in [0.15, 0.2) is 0 Å². The standard InChI is InChI=1S/C20H20N6.C8H12N2/c1-13(2)14-6-7-21-20(9-14)25-19-5-4-17-18(24-19)8-15(10-22-17)16-11-23-26(3)12-16;1-6(2)7-3-4-10-8(9)5-7/h4-13H,1-3H3,(H,21,24,25);3-6H,1-2H3,(H2,9,10). The van der Waals surface area contributed by atoms with E-state index in [1.54, 1.807) is 10.9 Å². The number of anilines is 3. The minimum Gasteiger partial charge on any atom is -0.384 e. The lowest BCUT2D eigenvalue weighted by atomic mass is 10.1. The maximum Gasteiger partial charge on any atom is 0.132 e. The van der Waals surface area contributed by atoms with Gasteiger partial charge in [-0.2, -0.15) is 5.10 Å². The minimum atomic E-state index is 0.453. The van der Waals surface area contributed by atoms with Gasteiger partial charge in [0, 0.05) is 43.0 Å². The van der Waals surface area contributed by atoms with Crippen LogP contribution in [0.5, 0.6) is 0 Å². The Kier molecular flexibility index (Phi) is 7.53. The number of aromatic nitrogens is 6. The van der Waals surface area contributed by atoms with E-state index in [2.05, 4.69) is 59.1 Å². The van der Waals surface area contributed by atoms with E-state index in [1.165, 1.54) is 11.1 Å². The molecule has 3 N–H and O–H groups in total. The van der Waals surface area contributed by atoms with Crippen molar-refractivity contribution >= 4 is 28.5 Å². The maximum absolute atomic E-state index is 5.49. The highest BCUT2D eigenvalue weighted by Crippen LogP contribution is 2.24. The third-order valence-corrected chi connectivity index (χ3v) is 5.75. The van der Waals surface area contributed by atoms with Crippen LogP contribution < -0.4 is 11.1 Å². The summed E-state index contributed by atoms with van der Waals surface area (Å²) in [7, 11) is 1.90. The largest absolute Gasteiger partial charge is 0.384 e. The molecule has 0 atom stereocenters. The molecule has 36 heavy (non-hydrogen) atoms. The van der Waals surface area contributed by atoms with Crippen molar-refractivity contribution in [2.75, 3.05) is 11.1 Å². The highest BCUT2D eigenvalue weighted by atomic mass is 15.2. The summed E-state index contributed by atoms with van der Waals surface area (Å²) in [6.45, 7) is 8.60. The van der Waals surface area contributed by atoms with Crippen molar-refractivity contribution in [3.8, 4) is 11.1 Å². The highest BCUT2D eigenvalue weighted by Gasteiger charge is 2.07. The summed E-state index contributed by atoms with van der Waals surface area (Å²) in [4.78, 5) is 17.5. The number of hydrogen-bond acceptors (Lipinski definition) is 7. The van der Waals surface area contributed by atoms with Crippen LogP contribution >= 0.6 is 0 Å². The van der Waals surface area contributed by atoms with Crippen molar-refractivity contribution in [3.05, 3.63) is 84.6 Å². The number of fused-ring (bicyclic) bond motifs is 1. The van der Waals surface area contributed by atoms with Crippen LogP contribution in [0.4, 0.5) is 17.5 Å². The third-order valence-electron chi connectivity index (χ3n) is 5.75. The number of hydrogen-bond donors (Lipinski definition) is 2. The second-order valence-electron chi connectivity index (χ2n) is 9.28. The van der Waals surface area contributed by atoms with E-state index in [9.17, 15) is 0 Å². The average Bonchev–Trinajstić information content (AvgIpc) is 3.30. The third kappa shape index (κ3) is 6.21. The molecule has 5 rings (SSSR count). The van der Waals surface area contributed by atoms with Gasteiger partial charge in [0.05, 0.1) is 17.2 Å². The zero-order valence-electron chi connectivity index (χ0n) is 21.3. The van der Waals surface area contributed by atoms with Crippen molar-refractivity contribution in [1.82, 2.24) is 29.7 Å². The number of nitrogens with two attached hydrogens (primary N) is 1. The van der Waals surface area contributed by atoms with Crippen molar-refractivity contribution in [1.29, 1.82) is 0 Å². The first kappa shape index (κ1) is 24.8. The van der Waals surface area contributed by atoms with Crippen LogP contribution in [-0.2, 0) is 7.05 Å². The van der Waals surface area contributed by atoms with E-state index in [-0.39, 0.29) is 0 Å². The van der Waals surface area contributed by atoms with E-state index >= 15 is 0 Å². The van der Waals surface area contributed by atoms with Crippen LogP contribution in [0.3, 0.4) is 0 Å². The molecule has 0 aliphatic heterocycles. The quantitative estimate of drug-likeness (QED) is 0.314. The van der Waals surface area contributed by atoms with Gasteiger partial charge in [-0.3, -0.25) is 9.67 Å². The lowest BCUT2D eigenvalue weighted by Crippen LogP contribution is -1.98. The van der Waals surface area contributed by atoms with Gasteiger partial charge >= 0.3 is 0 Å². The molecule has 8 heteroatoms. The molecule has 5 heterocycles. The SMILES string of the molecule is CC(C)c1ccnc(N)c1.CC(C)c1ccnc(Nc2ccc3ncc(-c4cnn(C)c4)cc3n2)c1. The molecule has 0 aliphatic carbocycles. The van der Waals surface area contributed by atoms with E-state index in [4.69, 9.17) is 10.7 Å². The van der Waals surface area contributed by atoms with Crippen molar-refractivity contribution < 1.29 is 0 Å². The lowest BCUT2D eigenvalue weighted by Gasteiger charge is -2.09. The Morgan fingerprint density at radius 2 is 1.47 bits per heavy atom. The minimum absolute atomic E-state index is 0.453. The second kappa shape index (κ2) is 10.9. The fourth-order valence-corrected chi connectivity index (χ4v) is 3.63. The lowest BCUT2D eigenvalue weighted by molar-refractivity contribution is 0.768. The Labute approximate surface area is 211 Å². The van der Waals surface area contributed by atoms with Gasteiger partial charge in [0.25, 0.3) is 0 Å². The summed E-state index contributed by atoms with van der Waals surface area (Å²) in [5.74, 6) is 3.13. The first-order chi connectivity index (χ1) is 17.3. The molecule has 5 aromatic rings. The number of aryl methyl sites for hydroxylation is 1. The van der Waals surface area contributed by atoms with Gasteiger partial charge in [0.1, 0.15) is 17.5 Å². The van der Waals surface area contributed by atoms with Crippen LogP contribution in [-0.4, -0.2) is 29.7 Å². The molecule has 184 valence electrons.